The van der Waals surface area contributed by atoms with Gasteiger partial charge in [-0.05, 0) is 23.6 Å². The predicted molar refractivity (Wildman–Crippen MR) is 78.8 cm³/mol. The molecule has 0 spiro atoms. The van der Waals surface area contributed by atoms with Crippen molar-refractivity contribution in [2.45, 2.75) is 19.1 Å². The van der Waals surface area contributed by atoms with Gasteiger partial charge in [0.2, 0.25) is 0 Å². The summed E-state index contributed by atoms with van der Waals surface area (Å²) in [6, 6.07) is 8.35. The average molecular weight is 295 g/mol. The third-order valence-electron chi connectivity index (χ3n) is 3.23. The predicted octanol–water partition coefficient (Wildman–Crippen LogP) is 4.37. The highest BCUT2D eigenvalue weighted by Gasteiger charge is 2.15. The lowest BCUT2D eigenvalue weighted by Gasteiger charge is -2.10. The van der Waals surface area contributed by atoms with E-state index < -0.39 is 0 Å². The van der Waals surface area contributed by atoms with Crippen molar-refractivity contribution in [1.82, 2.24) is 0 Å². The summed E-state index contributed by atoms with van der Waals surface area (Å²) in [6.07, 6.45) is 1.24. The van der Waals surface area contributed by atoms with Crippen LogP contribution in [0.3, 0.4) is 0 Å². The maximum Gasteiger partial charge on any atom is 0.0834 e. The van der Waals surface area contributed by atoms with Gasteiger partial charge in [-0.3, -0.25) is 0 Å². The van der Waals surface area contributed by atoms with E-state index in [9.17, 15) is 0 Å². The van der Waals surface area contributed by atoms with E-state index in [1.54, 1.807) is 11.3 Å². The Bertz CT molecular complexity index is 547. The summed E-state index contributed by atoms with van der Waals surface area (Å²) in [4.78, 5) is 0. The Morgan fingerprint density at radius 3 is 3.05 bits per heavy atom. The molecule has 0 radical (unpaired) electrons. The van der Waals surface area contributed by atoms with Crippen molar-refractivity contribution in [2.75, 3.05) is 13.2 Å². The van der Waals surface area contributed by atoms with Gasteiger partial charge in [0.05, 0.1) is 24.3 Å². The SMILES string of the molecule is Clc1cscc1-c1cccc(COC2CCOC2)c1. The molecule has 1 aromatic heterocycles. The molecule has 4 heteroatoms. The highest BCUT2D eigenvalue weighted by molar-refractivity contribution is 7.09. The minimum absolute atomic E-state index is 0.244. The largest absolute Gasteiger partial charge is 0.379 e. The Morgan fingerprint density at radius 2 is 2.32 bits per heavy atom. The zero-order valence-corrected chi connectivity index (χ0v) is 12.0. The first-order chi connectivity index (χ1) is 9.33. The number of hydrogen-bond acceptors (Lipinski definition) is 3. The lowest BCUT2D eigenvalue weighted by Crippen LogP contribution is -2.11. The molecule has 0 bridgehead atoms. The van der Waals surface area contributed by atoms with Crippen molar-refractivity contribution in [3.8, 4) is 11.1 Å². The van der Waals surface area contributed by atoms with Gasteiger partial charge in [-0.1, -0.05) is 29.8 Å². The van der Waals surface area contributed by atoms with Crippen LogP contribution in [0.25, 0.3) is 11.1 Å². The third-order valence-corrected chi connectivity index (χ3v) is 4.41. The Balaban J connectivity index is 1.71. The lowest BCUT2D eigenvalue weighted by atomic mass is 10.1. The summed E-state index contributed by atoms with van der Waals surface area (Å²) in [5.41, 5.74) is 3.42. The molecule has 1 aliphatic heterocycles. The van der Waals surface area contributed by atoms with Gasteiger partial charge in [-0.15, -0.1) is 0 Å². The summed E-state index contributed by atoms with van der Waals surface area (Å²) in [5, 5.41) is 4.84. The topological polar surface area (TPSA) is 18.5 Å². The van der Waals surface area contributed by atoms with Crippen molar-refractivity contribution in [3.63, 3.8) is 0 Å². The van der Waals surface area contributed by atoms with Crippen molar-refractivity contribution >= 4 is 22.9 Å². The maximum absolute atomic E-state index is 6.17. The fourth-order valence-corrected chi connectivity index (χ4v) is 3.27. The molecule has 3 rings (SSSR count). The van der Waals surface area contributed by atoms with E-state index in [1.165, 1.54) is 5.56 Å². The van der Waals surface area contributed by atoms with Crippen LogP contribution in [0.4, 0.5) is 0 Å². The van der Waals surface area contributed by atoms with Gasteiger partial charge in [-0.2, -0.15) is 11.3 Å². The van der Waals surface area contributed by atoms with Gasteiger partial charge in [-0.25, -0.2) is 0 Å². The molecule has 0 aliphatic carbocycles. The summed E-state index contributed by atoms with van der Waals surface area (Å²) in [7, 11) is 0. The van der Waals surface area contributed by atoms with Gasteiger partial charge < -0.3 is 9.47 Å². The molecule has 1 aliphatic rings. The molecular formula is C15H15ClO2S. The summed E-state index contributed by atoms with van der Waals surface area (Å²) in [6.45, 7) is 2.16. The molecule has 100 valence electrons. The molecular weight excluding hydrogens is 280 g/mol. The van der Waals surface area contributed by atoms with Crippen LogP contribution in [0.1, 0.15) is 12.0 Å². The van der Waals surface area contributed by atoms with Crippen LogP contribution in [0, 0.1) is 0 Å². The molecule has 1 aromatic carbocycles. The van der Waals surface area contributed by atoms with Gasteiger partial charge >= 0.3 is 0 Å². The molecule has 1 fully saturated rings. The van der Waals surface area contributed by atoms with Crippen molar-refractivity contribution in [2.24, 2.45) is 0 Å². The van der Waals surface area contributed by atoms with Gasteiger partial charge in [0.1, 0.15) is 0 Å². The first-order valence-electron chi connectivity index (χ1n) is 6.33. The zero-order chi connectivity index (χ0) is 13.1. The molecule has 2 heterocycles. The van der Waals surface area contributed by atoms with E-state index in [2.05, 4.69) is 23.6 Å². The van der Waals surface area contributed by atoms with Crippen LogP contribution in [0.5, 0.6) is 0 Å². The molecule has 1 saturated heterocycles. The molecule has 2 nitrogen and oxygen atoms in total. The normalized spacial score (nSPS) is 18.9. The molecule has 19 heavy (non-hydrogen) atoms. The van der Waals surface area contributed by atoms with Crippen LogP contribution >= 0.6 is 22.9 Å². The number of halogens is 1. The number of ether oxygens (including phenoxy) is 2. The van der Waals surface area contributed by atoms with Crippen LogP contribution in [0.15, 0.2) is 35.0 Å². The average Bonchev–Trinajstić information content (AvgIpc) is 3.08. The summed E-state index contributed by atoms with van der Waals surface area (Å²) < 4.78 is 11.1. The Labute approximate surface area is 121 Å². The fraction of sp³-hybridized carbons (Fsp3) is 0.333. The van der Waals surface area contributed by atoms with Crippen LogP contribution in [0.2, 0.25) is 5.02 Å². The summed E-state index contributed by atoms with van der Waals surface area (Å²) >= 11 is 7.79. The second-order valence-corrected chi connectivity index (χ2v) is 5.78. The molecule has 0 amide bonds. The second-order valence-electron chi connectivity index (χ2n) is 4.63. The van der Waals surface area contributed by atoms with Crippen molar-refractivity contribution in [1.29, 1.82) is 0 Å². The smallest absolute Gasteiger partial charge is 0.0834 e. The first kappa shape index (κ1) is 13.1. The van der Waals surface area contributed by atoms with Crippen molar-refractivity contribution < 1.29 is 9.47 Å². The van der Waals surface area contributed by atoms with E-state index >= 15 is 0 Å². The number of thiophene rings is 1. The van der Waals surface area contributed by atoms with Crippen LogP contribution in [-0.2, 0) is 16.1 Å². The Hall–Kier alpha value is -0.870. The van der Waals surface area contributed by atoms with Gasteiger partial charge in [0.15, 0.2) is 0 Å². The second kappa shape index (κ2) is 6.06. The molecule has 0 saturated carbocycles. The molecule has 1 atom stereocenters. The fourth-order valence-electron chi connectivity index (χ4n) is 2.17. The van der Waals surface area contributed by atoms with E-state index in [1.807, 2.05) is 11.4 Å². The van der Waals surface area contributed by atoms with E-state index in [4.69, 9.17) is 21.1 Å². The van der Waals surface area contributed by atoms with Crippen LogP contribution in [-0.4, -0.2) is 19.3 Å². The van der Waals surface area contributed by atoms with E-state index in [-0.39, 0.29) is 6.10 Å². The van der Waals surface area contributed by atoms with Crippen molar-refractivity contribution in [3.05, 3.63) is 45.6 Å². The quantitative estimate of drug-likeness (QED) is 0.833. The van der Waals surface area contributed by atoms with E-state index in [0.717, 1.165) is 35.8 Å². The van der Waals surface area contributed by atoms with E-state index in [0.29, 0.717) is 6.61 Å². The minimum Gasteiger partial charge on any atom is -0.379 e. The maximum atomic E-state index is 6.17. The monoisotopic (exact) mass is 294 g/mol. The number of hydrogen-bond donors (Lipinski definition) is 0. The zero-order valence-electron chi connectivity index (χ0n) is 10.5. The number of benzene rings is 1. The third kappa shape index (κ3) is 3.18. The molecule has 0 N–H and O–H groups in total. The van der Waals surface area contributed by atoms with Gasteiger partial charge in [0, 0.05) is 22.9 Å². The molecule has 2 aromatic rings. The molecule has 1 unspecified atom stereocenters. The Kier molecular flexibility index (Phi) is 4.18. The highest BCUT2D eigenvalue weighted by atomic mass is 35.5. The van der Waals surface area contributed by atoms with Crippen LogP contribution < -0.4 is 0 Å². The Morgan fingerprint density at radius 1 is 1.37 bits per heavy atom. The summed E-state index contributed by atoms with van der Waals surface area (Å²) in [5.74, 6) is 0. The highest BCUT2D eigenvalue weighted by Crippen LogP contribution is 2.31. The number of rotatable bonds is 4. The standard InChI is InChI=1S/C15H15ClO2S/c16-15-10-19-9-14(15)12-3-1-2-11(6-12)7-18-13-4-5-17-8-13/h1-3,6,9-10,13H,4-5,7-8H2. The first-order valence-corrected chi connectivity index (χ1v) is 7.65. The minimum atomic E-state index is 0.244. The van der Waals surface area contributed by atoms with Gasteiger partial charge in [0.25, 0.3) is 0 Å². The lowest BCUT2D eigenvalue weighted by molar-refractivity contribution is 0.0318.